The maximum Gasteiger partial charge on any atom is 0.337 e. The smallest absolute Gasteiger partial charge is 0.337 e. The van der Waals surface area contributed by atoms with Crippen molar-refractivity contribution in [3.05, 3.63) is 33.9 Å². The number of non-ortho nitro benzene ring substituents is 1. The Bertz CT molecular complexity index is 571. The van der Waals surface area contributed by atoms with Gasteiger partial charge in [-0.25, -0.2) is 4.79 Å². The summed E-state index contributed by atoms with van der Waals surface area (Å²) in [6, 6.07) is 2.55. The summed E-state index contributed by atoms with van der Waals surface area (Å²) in [4.78, 5) is 33.0. The van der Waals surface area contributed by atoms with Gasteiger partial charge >= 0.3 is 5.97 Å². The van der Waals surface area contributed by atoms with Crippen LogP contribution < -0.4 is 10.6 Å². The molecule has 8 heteroatoms. The number of anilines is 1. The Balaban J connectivity index is 3.04. The Labute approximate surface area is 121 Å². The van der Waals surface area contributed by atoms with E-state index in [9.17, 15) is 19.7 Å². The Morgan fingerprint density at radius 1 is 1.29 bits per heavy atom. The quantitative estimate of drug-likeness (QED) is 0.541. The summed E-state index contributed by atoms with van der Waals surface area (Å²) >= 11 is 0. The fourth-order valence-corrected chi connectivity index (χ4v) is 1.66. The van der Waals surface area contributed by atoms with Crippen molar-refractivity contribution in [1.29, 1.82) is 0 Å². The molecular formula is C13H17N3O5. The number of nitrogens with zero attached hydrogens (tertiary/aromatic N) is 1. The van der Waals surface area contributed by atoms with E-state index >= 15 is 0 Å². The SMILES string of the molecule is CC(C)NC(=O)C(C)Nc1cc([N+](=O)[O-])ccc1C(=O)O. The number of nitro benzene ring substituents is 1. The summed E-state index contributed by atoms with van der Waals surface area (Å²) in [6.45, 7) is 5.13. The van der Waals surface area contributed by atoms with Crippen LogP contribution in [0.25, 0.3) is 0 Å². The van der Waals surface area contributed by atoms with Gasteiger partial charge in [0.25, 0.3) is 5.69 Å². The Hall–Kier alpha value is -2.64. The van der Waals surface area contributed by atoms with Gasteiger partial charge in [-0.05, 0) is 26.8 Å². The average Bonchev–Trinajstić information content (AvgIpc) is 2.37. The minimum Gasteiger partial charge on any atom is -0.478 e. The van der Waals surface area contributed by atoms with Gasteiger partial charge in [-0.15, -0.1) is 0 Å². The molecule has 0 aliphatic heterocycles. The van der Waals surface area contributed by atoms with Gasteiger partial charge < -0.3 is 15.7 Å². The summed E-state index contributed by atoms with van der Waals surface area (Å²) in [7, 11) is 0. The summed E-state index contributed by atoms with van der Waals surface area (Å²) < 4.78 is 0. The first kappa shape index (κ1) is 16.4. The fraction of sp³-hybridized carbons (Fsp3) is 0.385. The Morgan fingerprint density at radius 2 is 1.90 bits per heavy atom. The number of carbonyl (C=O) groups excluding carboxylic acids is 1. The van der Waals surface area contributed by atoms with Crippen LogP contribution in [-0.4, -0.2) is 34.0 Å². The summed E-state index contributed by atoms with van der Waals surface area (Å²) in [5.74, 6) is -1.56. The number of carboxylic acid groups (broad SMARTS) is 1. The van der Waals surface area contributed by atoms with E-state index in [1.54, 1.807) is 20.8 Å². The predicted molar refractivity (Wildman–Crippen MR) is 76.4 cm³/mol. The lowest BCUT2D eigenvalue weighted by molar-refractivity contribution is -0.384. The molecule has 1 aromatic carbocycles. The molecule has 8 nitrogen and oxygen atoms in total. The molecule has 0 bridgehead atoms. The normalized spacial score (nSPS) is 11.8. The Kier molecular flexibility index (Phi) is 5.23. The molecule has 0 fully saturated rings. The summed E-state index contributed by atoms with van der Waals surface area (Å²) in [5, 5.41) is 25.2. The van der Waals surface area contributed by atoms with Crippen LogP contribution in [0.3, 0.4) is 0 Å². The lowest BCUT2D eigenvalue weighted by atomic mass is 10.1. The van der Waals surface area contributed by atoms with Crippen LogP contribution in [0.4, 0.5) is 11.4 Å². The van der Waals surface area contributed by atoms with Crippen molar-refractivity contribution in [3.8, 4) is 0 Å². The van der Waals surface area contributed by atoms with E-state index < -0.39 is 16.9 Å². The van der Waals surface area contributed by atoms with Gasteiger partial charge in [0.15, 0.2) is 0 Å². The summed E-state index contributed by atoms with van der Waals surface area (Å²) in [5.41, 5.74) is -0.355. The third kappa shape index (κ3) is 4.44. The van der Waals surface area contributed by atoms with Crippen molar-refractivity contribution in [2.45, 2.75) is 32.9 Å². The maximum atomic E-state index is 11.8. The van der Waals surface area contributed by atoms with Crippen molar-refractivity contribution in [3.63, 3.8) is 0 Å². The first-order chi connectivity index (χ1) is 9.72. The van der Waals surface area contributed by atoms with Gasteiger partial charge in [-0.1, -0.05) is 0 Å². The van der Waals surface area contributed by atoms with E-state index in [0.717, 1.165) is 18.2 Å². The van der Waals surface area contributed by atoms with Crippen LogP contribution in [-0.2, 0) is 4.79 Å². The van der Waals surface area contributed by atoms with E-state index in [1.165, 1.54) is 0 Å². The monoisotopic (exact) mass is 295 g/mol. The zero-order valence-electron chi connectivity index (χ0n) is 11.9. The van der Waals surface area contributed by atoms with Crippen LogP contribution in [0.5, 0.6) is 0 Å². The lowest BCUT2D eigenvalue weighted by Crippen LogP contribution is -2.41. The van der Waals surface area contributed by atoms with Gasteiger partial charge in [0, 0.05) is 18.2 Å². The molecule has 114 valence electrons. The van der Waals surface area contributed by atoms with E-state index in [-0.39, 0.29) is 28.9 Å². The van der Waals surface area contributed by atoms with Crippen molar-refractivity contribution in [2.75, 3.05) is 5.32 Å². The zero-order chi connectivity index (χ0) is 16.2. The van der Waals surface area contributed by atoms with Crippen molar-refractivity contribution >= 4 is 23.3 Å². The molecule has 0 heterocycles. The molecule has 0 spiro atoms. The standard InChI is InChI=1S/C13H17N3O5/c1-7(2)14-12(17)8(3)15-11-6-9(16(20)21)4-5-10(11)13(18)19/h4-8,15H,1-3H3,(H,14,17)(H,18,19). The molecule has 21 heavy (non-hydrogen) atoms. The number of hydrogen-bond donors (Lipinski definition) is 3. The fourth-order valence-electron chi connectivity index (χ4n) is 1.66. The van der Waals surface area contributed by atoms with Gasteiger partial charge in [0.05, 0.1) is 16.2 Å². The number of nitrogens with one attached hydrogen (secondary N) is 2. The highest BCUT2D eigenvalue weighted by Crippen LogP contribution is 2.23. The number of nitro groups is 1. The van der Waals surface area contributed by atoms with Crippen LogP contribution in [0, 0.1) is 10.1 Å². The zero-order valence-corrected chi connectivity index (χ0v) is 11.9. The predicted octanol–water partition coefficient (Wildman–Crippen LogP) is 1.62. The molecule has 0 aromatic heterocycles. The van der Waals surface area contributed by atoms with E-state index in [2.05, 4.69) is 10.6 Å². The number of aromatic carboxylic acids is 1. The lowest BCUT2D eigenvalue weighted by Gasteiger charge is -2.18. The largest absolute Gasteiger partial charge is 0.478 e. The molecule has 1 amide bonds. The maximum absolute atomic E-state index is 11.8. The van der Waals surface area contributed by atoms with Crippen LogP contribution >= 0.6 is 0 Å². The molecule has 0 aliphatic rings. The first-order valence-corrected chi connectivity index (χ1v) is 6.31. The number of carboxylic acids is 1. The second-order valence-electron chi connectivity index (χ2n) is 4.82. The van der Waals surface area contributed by atoms with Gasteiger partial charge in [-0.3, -0.25) is 14.9 Å². The molecule has 0 radical (unpaired) electrons. The molecule has 1 aromatic rings. The van der Waals surface area contributed by atoms with E-state index in [0.29, 0.717) is 0 Å². The second-order valence-corrected chi connectivity index (χ2v) is 4.82. The molecule has 0 aliphatic carbocycles. The van der Waals surface area contributed by atoms with Gasteiger partial charge in [0.2, 0.25) is 5.91 Å². The minimum absolute atomic E-state index is 0.0307. The third-order valence-electron chi connectivity index (χ3n) is 2.64. The van der Waals surface area contributed by atoms with Crippen LogP contribution in [0.2, 0.25) is 0 Å². The number of rotatable bonds is 6. The molecule has 1 atom stereocenters. The topological polar surface area (TPSA) is 122 Å². The first-order valence-electron chi connectivity index (χ1n) is 6.31. The highest BCUT2D eigenvalue weighted by Gasteiger charge is 2.19. The average molecular weight is 295 g/mol. The van der Waals surface area contributed by atoms with Gasteiger partial charge in [-0.2, -0.15) is 0 Å². The van der Waals surface area contributed by atoms with Crippen LogP contribution in [0.1, 0.15) is 31.1 Å². The number of amides is 1. The number of carbonyl (C=O) groups is 2. The second kappa shape index (κ2) is 6.69. The molecule has 0 saturated heterocycles. The van der Waals surface area contributed by atoms with E-state index in [4.69, 9.17) is 5.11 Å². The number of hydrogen-bond acceptors (Lipinski definition) is 5. The van der Waals surface area contributed by atoms with Crippen molar-refractivity contribution < 1.29 is 19.6 Å². The van der Waals surface area contributed by atoms with Crippen molar-refractivity contribution in [1.82, 2.24) is 5.32 Å². The third-order valence-corrected chi connectivity index (χ3v) is 2.64. The van der Waals surface area contributed by atoms with Crippen molar-refractivity contribution in [2.24, 2.45) is 0 Å². The molecule has 3 N–H and O–H groups in total. The Morgan fingerprint density at radius 3 is 2.38 bits per heavy atom. The highest BCUT2D eigenvalue weighted by atomic mass is 16.6. The van der Waals surface area contributed by atoms with Crippen LogP contribution in [0.15, 0.2) is 18.2 Å². The molecule has 1 unspecified atom stereocenters. The number of benzene rings is 1. The minimum atomic E-state index is -1.23. The molecular weight excluding hydrogens is 278 g/mol. The highest BCUT2D eigenvalue weighted by molar-refractivity contribution is 5.96. The van der Waals surface area contributed by atoms with E-state index in [1.807, 2.05) is 0 Å². The van der Waals surface area contributed by atoms with Gasteiger partial charge in [0.1, 0.15) is 6.04 Å². The molecule has 1 rings (SSSR count). The summed E-state index contributed by atoms with van der Waals surface area (Å²) in [6.07, 6.45) is 0. The molecule has 0 saturated carbocycles.